The van der Waals surface area contributed by atoms with Gasteiger partial charge in [0, 0.05) is 16.9 Å². The fourth-order valence-corrected chi connectivity index (χ4v) is 2.80. The lowest BCUT2D eigenvalue weighted by molar-refractivity contribution is 0.102. The average Bonchev–Trinajstić information content (AvgIpc) is 2.56. The van der Waals surface area contributed by atoms with Crippen LogP contribution in [0.3, 0.4) is 0 Å². The Balaban J connectivity index is 1.86. The molecule has 1 aliphatic rings. The molecule has 5 nitrogen and oxygen atoms in total. The van der Waals surface area contributed by atoms with E-state index < -0.39 is 0 Å². The van der Waals surface area contributed by atoms with Gasteiger partial charge >= 0.3 is 0 Å². The Hall–Kier alpha value is -2.43. The van der Waals surface area contributed by atoms with Gasteiger partial charge in [0.05, 0.1) is 7.11 Å². The van der Waals surface area contributed by atoms with E-state index in [2.05, 4.69) is 15.3 Å². The largest absolute Gasteiger partial charge is 0.497 e. The normalized spacial score (nSPS) is 13.4. The van der Waals surface area contributed by atoms with Crippen molar-refractivity contribution in [2.45, 2.75) is 32.6 Å². The van der Waals surface area contributed by atoms with Gasteiger partial charge in [-0.2, -0.15) is 0 Å². The van der Waals surface area contributed by atoms with Gasteiger partial charge in [0.1, 0.15) is 17.8 Å². The summed E-state index contributed by atoms with van der Waals surface area (Å²) in [5.74, 6) is 0.601. The first kappa shape index (κ1) is 14.5. The summed E-state index contributed by atoms with van der Waals surface area (Å²) in [6.45, 7) is 1.94. The molecular formula is C17H19N3O2. The molecule has 0 bridgehead atoms. The summed E-state index contributed by atoms with van der Waals surface area (Å²) in [7, 11) is 1.63. The molecule has 114 valence electrons. The van der Waals surface area contributed by atoms with Crippen molar-refractivity contribution >= 4 is 11.6 Å². The minimum atomic E-state index is -0.172. The Morgan fingerprint density at radius 2 is 2.05 bits per heavy atom. The number of nitrogens with zero attached hydrogens (tertiary/aromatic N) is 2. The van der Waals surface area contributed by atoms with Crippen LogP contribution in [0.5, 0.6) is 5.75 Å². The van der Waals surface area contributed by atoms with Crippen LogP contribution in [0.1, 0.15) is 40.2 Å². The molecule has 0 radical (unpaired) electrons. The van der Waals surface area contributed by atoms with E-state index >= 15 is 0 Å². The molecule has 2 aromatic rings. The SMILES string of the molecule is COc1ccc(NC(=O)c2ncnc3c2CCCC3)c(C)c1. The lowest BCUT2D eigenvalue weighted by atomic mass is 9.94. The van der Waals surface area contributed by atoms with Crippen molar-refractivity contribution in [2.24, 2.45) is 0 Å². The van der Waals surface area contributed by atoms with E-state index in [-0.39, 0.29) is 5.91 Å². The topological polar surface area (TPSA) is 64.1 Å². The Labute approximate surface area is 129 Å². The van der Waals surface area contributed by atoms with E-state index in [1.54, 1.807) is 7.11 Å². The van der Waals surface area contributed by atoms with E-state index in [1.807, 2.05) is 25.1 Å². The number of fused-ring (bicyclic) bond motifs is 1. The van der Waals surface area contributed by atoms with E-state index in [0.717, 1.165) is 53.9 Å². The molecule has 1 aromatic heterocycles. The number of carbonyl (C=O) groups excluding carboxylic acids is 1. The molecule has 0 spiro atoms. The van der Waals surface area contributed by atoms with Gasteiger partial charge in [-0.05, 0) is 56.4 Å². The molecule has 0 aliphatic heterocycles. The molecule has 0 saturated carbocycles. The number of amides is 1. The minimum Gasteiger partial charge on any atom is -0.497 e. The van der Waals surface area contributed by atoms with Gasteiger partial charge < -0.3 is 10.1 Å². The Bertz CT molecular complexity index is 713. The van der Waals surface area contributed by atoms with Gasteiger partial charge in [-0.1, -0.05) is 0 Å². The van der Waals surface area contributed by atoms with Crippen LogP contribution in [-0.2, 0) is 12.8 Å². The van der Waals surface area contributed by atoms with Gasteiger partial charge in [-0.25, -0.2) is 9.97 Å². The number of carbonyl (C=O) groups is 1. The fraction of sp³-hybridized carbons (Fsp3) is 0.353. The van der Waals surface area contributed by atoms with Crippen molar-refractivity contribution in [3.05, 3.63) is 47.0 Å². The number of nitrogens with one attached hydrogen (secondary N) is 1. The van der Waals surface area contributed by atoms with E-state index in [0.29, 0.717) is 5.69 Å². The molecule has 0 unspecified atom stereocenters. The number of aryl methyl sites for hydroxylation is 2. The van der Waals surface area contributed by atoms with Crippen molar-refractivity contribution in [1.82, 2.24) is 9.97 Å². The standard InChI is InChI=1S/C17H19N3O2/c1-11-9-12(22-2)7-8-14(11)20-17(21)16-13-5-3-4-6-15(13)18-10-19-16/h7-10H,3-6H2,1-2H3,(H,20,21). The number of hydrogen-bond acceptors (Lipinski definition) is 4. The minimum absolute atomic E-state index is 0.172. The zero-order chi connectivity index (χ0) is 15.5. The van der Waals surface area contributed by atoms with Crippen molar-refractivity contribution in [3.8, 4) is 5.75 Å². The van der Waals surface area contributed by atoms with Crippen LogP contribution < -0.4 is 10.1 Å². The summed E-state index contributed by atoms with van der Waals surface area (Å²) < 4.78 is 5.18. The van der Waals surface area contributed by atoms with E-state index in [4.69, 9.17) is 4.74 Å². The number of hydrogen-bond donors (Lipinski definition) is 1. The van der Waals surface area contributed by atoms with Gasteiger partial charge in [0.15, 0.2) is 0 Å². The lowest BCUT2D eigenvalue weighted by Crippen LogP contribution is -2.20. The second-order valence-electron chi connectivity index (χ2n) is 5.49. The van der Waals surface area contributed by atoms with Crippen molar-refractivity contribution in [1.29, 1.82) is 0 Å². The third kappa shape index (κ3) is 2.79. The van der Waals surface area contributed by atoms with Crippen molar-refractivity contribution < 1.29 is 9.53 Å². The molecule has 22 heavy (non-hydrogen) atoms. The Kier molecular flexibility index (Phi) is 4.04. The van der Waals surface area contributed by atoms with E-state index in [9.17, 15) is 4.79 Å². The summed E-state index contributed by atoms with van der Waals surface area (Å²) in [5.41, 5.74) is 4.24. The molecule has 0 saturated heterocycles. The first-order valence-corrected chi connectivity index (χ1v) is 7.48. The highest BCUT2D eigenvalue weighted by molar-refractivity contribution is 6.04. The summed E-state index contributed by atoms with van der Waals surface area (Å²) >= 11 is 0. The zero-order valence-electron chi connectivity index (χ0n) is 12.8. The summed E-state index contributed by atoms with van der Waals surface area (Å²) in [4.78, 5) is 21.1. The number of benzene rings is 1. The summed E-state index contributed by atoms with van der Waals surface area (Å²) in [5, 5.41) is 2.94. The van der Waals surface area contributed by atoms with Crippen LogP contribution in [0.25, 0.3) is 0 Å². The van der Waals surface area contributed by atoms with Crippen LogP contribution in [0.4, 0.5) is 5.69 Å². The number of methoxy groups -OCH3 is 1. The average molecular weight is 297 g/mol. The van der Waals surface area contributed by atoms with Gasteiger partial charge in [-0.15, -0.1) is 0 Å². The molecule has 3 rings (SSSR count). The van der Waals surface area contributed by atoms with Crippen molar-refractivity contribution in [3.63, 3.8) is 0 Å². The maximum Gasteiger partial charge on any atom is 0.274 e. The molecule has 1 amide bonds. The summed E-state index contributed by atoms with van der Waals surface area (Å²) in [6.07, 6.45) is 5.51. The van der Waals surface area contributed by atoms with Crippen LogP contribution in [-0.4, -0.2) is 23.0 Å². The molecule has 1 N–H and O–H groups in total. The predicted octanol–water partition coefficient (Wildman–Crippen LogP) is 2.92. The Morgan fingerprint density at radius 1 is 1.23 bits per heavy atom. The number of ether oxygens (including phenoxy) is 1. The monoisotopic (exact) mass is 297 g/mol. The number of aromatic nitrogens is 2. The maximum absolute atomic E-state index is 12.6. The smallest absolute Gasteiger partial charge is 0.274 e. The Morgan fingerprint density at radius 3 is 2.82 bits per heavy atom. The summed E-state index contributed by atoms with van der Waals surface area (Å²) in [6, 6.07) is 5.57. The number of rotatable bonds is 3. The molecule has 1 aliphatic carbocycles. The van der Waals surface area contributed by atoms with Gasteiger partial charge in [0.2, 0.25) is 0 Å². The lowest BCUT2D eigenvalue weighted by Gasteiger charge is -2.17. The second-order valence-corrected chi connectivity index (χ2v) is 5.49. The molecule has 5 heteroatoms. The van der Waals surface area contributed by atoms with Gasteiger partial charge in [0.25, 0.3) is 5.91 Å². The highest BCUT2D eigenvalue weighted by Gasteiger charge is 2.20. The van der Waals surface area contributed by atoms with Crippen LogP contribution in [0.15, 0.2) is 24.5 Å². The second kappa shape index (κ2) is 6.13. The third-order valence-electron chi connectivity index (χ3n) is 4.02. The first-order chi connectivity index (χ1) is 10.7. The molecule has 0 atom stereocenters. The van der Waals surface area contributed by atoms with Crippen LogP contribution in [0, 0.1) is 6.92 Å². The third-order valence-corrected chi connectivity index (χ3v) is 4.02. The molecular weight excluding hydrogens is 278 g/mol. The van der Waals surface area contributed by atoms with Crippen molar-refractivity contribution in [2.75, 3.05) is 12.4 Å². The van der Waals surface area contributed by atoms with Crippen LogP contribution >= 0.6 is 0 Å². The molecule has 1 heterocycles. The first-order valence-electron chi connectivity index (χ1n) is 7.48. The predicted molar refractivity (Wildman–Crippen MR) is 84.4 cm³/mol. The van der Waals surface area contributed by atoms with E-state index in [1.165, 1.54) is 6.33 Å². The molecule has 1 aromatic carbocycles. The maximum atomic E-state index is 12.6. The fourth-order valence-electron chi connectivity index (χ4n) is 2.80. The highest BCUT2D eigenvalue weighted by Crippen LogP contribution is 2.24. The van der Waals surface area contributed by atoms with Gasteiger partial charge in [-0.3, -0.25) is 4.79 Å². The quantitative estimate of drug-likeness (QED) is 0.946. The highest BCUT2D eigenvalue weighted by atomic mass is 16.5. The van der Waals surface area contributed by atoms with Crippen LogP contribution in [0.2, 0.25) is 0 Å². The molecule has 0 fully saturated rings. The zero-order valence-corrected chi connectivity index (χ0v) is 12.8. The number of anilines is 1.